The topological polar surface area (TPSA) is 49.8 Å². The van der Waals surface area contributed by atoms with Crippen LogP contribution >= 0.6 is 11.3 Å². The normalized spacial score (nSPS) is 11.2. The molecule has 0 saturated heterocycles. The lowest BCUT2D eigenvalue weighted by Crippen LogP contribution is -2.09. The lowest BCUT2D eigenvalue weighted by Gasteiger charge is -2.10. The molecule has 0 bridgehead atoms. The summed E-state index contributed by atoms with van der Waals surface area (Å²) in [5, 5.41) is 9.93. The van der Waals surface area contributed by atoms with Crippen LogP contribution in [0.2, 0.25) is 0 Å². The van der Waals surface area contributed by atoms with Gasteiger partial charge >= 0.3 is 0 Å². The lowest BCUT2D eigenvalue weighted by atomic mass is 10.1. The van der Waals surface area contributed by atoms with Crippen LogP contribution in [-0.4, -0.2) is 23.1 Å². The van der Waals surface area contributed by atoms with Crippen molar-refractivity contribution in [1.82, 2.24) is 9.97 Å². The Labute approximate surface area is 125 Å². The molecule has 5 heteroatoms. The van der Waals surface area contributed by atoms with Gasteiger partial charge in [0.25, 0.3) is 0 Å². The highest BCUT2D eigenvalue weighted by Gasteiger charge is 2.08. The van der Waals surface area contributed by atoms with Crippen LogP contribution in [0, 0.1) is 5.92 Å². The first kappa shape index (κ1) is 15.0. The van der Waals surface area contributed by atoms with E-state index in [1.807, 2.05) is 0 Å². The van der Waals surface area contributed by atoms with Gasteiger partial charge in [0.1, 0.15) is 10.6 Å². The molecule has 0 saturated carbocycles. The second-order valence-corrected chi connectivity index (χ2v) is 6.32. The van der Waals surface area contributed by atoms with Crippen molar-refractivity contribution in [3.63, 3.8) is 0 Å². The molecule has 0 fully saturated rings. The molecule has 0 aliphatic carbocycles. The maximum absolute atomic E-state index is 4.60. The van der Waals surface area contributed by atoms with Crippen molar-refractivity contribution >= 4 is 33.3 Å². The second-order valence-electron chi connectivity index (χ2n) is 5.42. The predicted octanol–water partition coefficient (Wildman–Crippen LogP) is 4.36. The van der Waals surface area contributed by atoms with Gasteiger partial charge in [0.2, 0.25) is 5.95 Å². The Morgan fingerprint density at radius 2 is 2.05 bits per heavy atom. The fourth-order valence-electron chi connectivity index (χ4n) is 2.02. The summed E-state index contributed by atoms with van der Waals surface area (Å²) in [6, 6.07) is 2.09. The van der Waals surface area contributed by atoms with Gasteiger partial charge < -0.3 is 10.6 Å². The van der Waals surface area contributed by atoms with Crippen LogP contribution in [0.15, 0.2) is 11.4 Å². The first-order valence-electron chi connectivity index (χ1n) is 7.43. The average Bonchev–Trinajstić information content (AvgIpc) is 2.89. The Bertz CT molecular complexity index is 536. The molecule has 0 spiro atoms. The largest absolute Gasteiger partial charge is 0.369 e. The molecule has 0 atom stereocenters. The monoisotopic (exact) mass is 292 g/mol. The van der Waals surface area contributed by atoms with E-state index in [0.717, 1.165) is 47.4 Å². The van der Waals surface area contributed by atoms with E-state index in [9.17, 15) is 0 Å². The minimum atomic E-state index is 0.730. The summed E-state index contributed by atoms with van der Waals surface area (Å²) < 4.78 is 0. The fourth-order valence-corrected chi connectivity index (χ4v) is 2.79. The second kappa shape index (κ2) is 7.43. The standard InChI is InChI=1S/C15H24N4S/c1-4-8-17-15-18-13(16-9-5-6-11(2)3)12-7-10-20-14(12)19-15/h7,10-11H,4-6,8-9H2,1-3H3,(H2,16,17,18,19). The summed E-state index contributed by atoms with van der Waals surface area (Å²) in [6.07, 6.45) is 3.49. The van der Waals surface area contributed by atoms with E-state index in [-0.39, 0.29) is 0 Å². The van der Waals surface area contributed by atoms with Crippen LogP contribution in [0.4, 0.5) is 11.8 Å². The Hall–Kier alpha value is -1.36. The maximum atomic E-state index is 4.60. The minimum Gasteiger partial charge on any atom is -0.369 e. The number of rotatable bonds is 8. The van der Waals surface area contributed by atoms with Gasteiger partial charge in [0, 0.05) is 13.1 Å². The van der Waals surface area contributed by atoms with Crippen molar-refractivity contribution in [2.45, 2.75) is 40.0 Å². The summed E-state index contributed by atoms with van der Waals surface area (Å²) in [4.78, 5) is 10.2. The quantitative estimate of drug-likeness (QED) is 0.710. The first-order valence-corrected chi connectivity index (χ1v) is 8.31. The summed E-state index contributed by atoms with van der Waals surface area (Å²) in [5.74, 6) is 2.44. The molecule has 0 aliphatic rings. The molecule has 0 aliphatic heterocycles. The van der Waals surface area contributed by atoms with Gasteiger partial charge in [-0.2, -0.15) is 4.98 Å². The average molecular weight is 292 g/mol. The lowest BCUT2D eigenvalue weighted by molar-refractivity contribution is 0.567. The maximum Gasteiger partial charge on any atom is 0.226 e. The number of fused-ring (bicyclic) bond motifs is 1. The molecule has 0 unspecified atom stereocenters. The van der Waals surface area contributed by atoms with E-state index < -0.39 is 0 Å². The zero-order valence-corrected chi connectivity index (χ0v) is 13.4. The van der Waals surface area contributed by atoms with Crippen LogP contribution < -0.4 is 10.6 Å². The van der Waals surface area contributed by atoms with Crippen LogP contribution in [0.1, 0.15) is 40.0 Å². The van der Waals surface area contributed by atoms with Crippen molar-refractivity contribution < 1.29 is 0 Å². The van der Waals surface area contributed by atoms with Crippen molar-refractivity contribution in [1.29, 1.82) is 0 Å². The molecule has 2 rings (SSSR count). The van der Waals surface area contributed by atoms with Crippen LogP contribution in [0.25, 0.3) is 10.2 Å². The van der Waals surface area contributed by atoms with E-state index in [4.69, 9.17) is 0 Å². The Balaban J connectivity index is 2.07. The molecule has 0 aromatic carbocycles. The van der Waals surface area contributed by atoms with Gasteiger partial charge in [-0.25, -0.2) is 4.98 Å². The summed E-state index contributed by atoms with van der Waals surface area (Å²) >= 11 is 1.66. The van der Waals surface area contributed by atoms with Crippen molar-refractivity contribution in [3.05, 3.63) is 11.4 Å². The van der Waals surface area contributed by atoms with Crippen molar-refractivity contribution in [3.8, 4) is 0 Å². The molecular formula is C15H24N4S. The highest BCUT2D eigenvalue weighted by atomic mass is 32.1. The van der Waals surface area contributed by atoms with E-state index >= 15 is 0 Å². The molecule has 4 nitrogen and oxygen atoms in total. The highest BCUT2D eigenvalue weighted by molar-refractivity contribution is 7.16. The Morgan fingerprint density at radius 3 is 2.80 bits per heavy atom. The molecule has 2 N–H and O–H groups in total. The molecule has 2 aromatic heterocycles. The van der Waals surface area contributed by atoms with Gasteiger partial charge in [-0.1, -0.05) is 20.8 Å². The molecule has 2 heterocycles. The van der Waals surface area contributed by atoms with Gasteiger partial charge in [-0.3, -0.25) is 0 Å². The van der Waals surface area contributed by atoms with Crippen molar-refractivity contribution in [2.75, 3.05) is 23.7 Å². The van der Waals surface area contributed by atoms with E-state index in [1.165, 1.54) is 12.8 Å². The first-order chi connectivity index (χ1) is 9.70. The minimum absolute atomic E-state index is 0.730. The van der Waals surface area contributed by atoms with Gasteiger partial charge in [-0.15, -0.1) is 11.3 Å². The molecule has 110 valence electrons. The molecule has 0 radical (unpaired) electrons. The highest BCUT2D eigenvalue weighted by Crippen LogP contribution is 2.26. The van der Waals surface area contributed by atoms with Crippen LogP contribution in [0.3, 0.4) is 0 Å². The van der Waals surface area contributed by atoms with E-state index in [1.54, 1.807) is 11.3 Å². The van der Waals surface area contributed by atoms with E-state index in [0.29, 0.717) is 0 Å². The smallest absolute Gasteiger partial charge is 0.226 e. The number of nitrogens with zero attached hydrogens (tertiary/aromatic N) is 2. The summed E-state index contributed by atoms with van der Waals surface area (Å²) in [7, 11) is 0. The number of hydrogen-bond donors (Lipinski definition) is 2. The third kappa shape index (κ3) is 4.07. The number of anilines is 2. The predicted molar refractivity (Wildman–Crippen MR) is 88.8 cm³/mol. The third-order valence-corrected chi connectivity index (χ3v) is 3.92. The van der Waals surface area contributed by atoms with E-state index in [2.05, 4.69) is 52.8 Å². The Morgan fingerprint density at radius 1 is 1.20 bits per heavy atom. The van der Waals surface area contributed by atoms with Gasteiger partial charge in [0.15, 0.2) is 0 Å². The van der Waals surface area contributed by atoms with Gasteiger partial charge in [0.05, 0.1) is 5.39 Å². The number of hydrogen-bond acceptors (Lipinski definition) is 5. The van der Waals surface area contributed by atoms with Crippen LogP contribution in [-0.2, 0) is 0 Å². The zero-order chi connectivity index (χ0) is 14.4. The summed E-state index contributed by atoms with van der Waals surface area (Å²) in [6.45, 7) is 8.53. The Kier molecular flexibility index (Phi) is 5.59. The zero-order valence-electron chi connectivity index (χ0n) is 12.6. The number of thiophene rings is 1. The number of aromatic nitrogens is 2. The van der Waals surface area contributed by atoms with Crippen molar-refractivity contribution in [2.24, 2.45) is 5.92 Å². The molecule has 0 amide bonds. The molecule has 2 aromatic rings. The van der Waals surface area contributed by atoms with Crippen LogP contribution in [0.5, 0.6) is 0 Å². The SMILES string of the molecule is CCCNc1nc(NCCCC(C)C)c2ccsc2n1. The van der Waals surface area contributed by atoms with Gasteiger partial charge in [-0.05, 0) is 36.6 Å². The number of nitrogens with one attached hydrogen (secondary N) is 2. The fraction of sp³-hybridized carbons (Fsp3) is 0.600. The summed E-state index contributed by atoms with van der Waals surface area (Å²) in [5.41, 5.74) is 0. The molecule has 20 heavy (non-hydrogen) atoms. The third-order valence-electron chi connectivity index (χ3n) is 3.11. The molecular weight excluding hydrogens is 268 g/mol.